The fourth-order valence-corrected chi connectivity index (χ4v) is 3.96. The summed E-state index contributed by atoms with van der Waals surface area (Å²) in [6.07, 6.45) is 3.52. The Labute approximate surface area is 157 Å². The number of amides is 2. The third-order valence-corrected chi connectivity index (χ3v) is 5.41. The van der Waals surface area contributed by atoms with Crippen LogP contribution in [0.15, 0.2) is 48.5 Å². The summed E-state index contributed by atoms with van der Waals surface area (Å²) in [6, 6.07) is 13.7. The maximum atomic E-state index is 12.7. The Morgan fingerprint density at radius 3 is 2.22 bits per heavy atom. The van der Waals surface area contributed by atoms with E-state index in [0.717, 1.165) is 31.2 Å². The maximum Gasteiger partial charge on any atom is 0.343 e. The molecule has 0 N–H and O–H groups in total. The first-order valence-corrected chi connectivity index (χ1v) is 9.31. The Morgan fingerprint density at radius 2 is 1.59 bits per heavy atom. The van der Waals surface area contributed by atoms with Crippen LogP contribution in [0.2, 0.25) is 0 Å². The third-order valence-electron chi connectivity index (χ3n) is 5.41. The van der Waals surface area contributed by atoms with E-state index < -0.39 is 5.97 Å². The molecule has 4 rings (SSSR count). The molecule has 1 heterocycles. The molecule has 2 aromatic carbocycles. The average Bonchev–Trinajstić information content (AvgIpc) is 2.93. The SMILES string of the molecule is Cc1ccc(C(=O)Oc2cccc(N3C(=O)[C@H]4CCCC[C@@H]4C3=O)c2)cc1. The van der Waals surface area contributed by atoms with Crippen LogP contribution in [0.4, 0.5) is 5.69 Å². The average molecular weight is 363 g/mol. The number of aryl methyl sites for hydroxylation is 1. The second-order valence-corrected chi connectivity index (χ2v) is 7.26. The van der Waals surface area contributed by atoms with Gasteiger partial charge in [0, 0.05) is 6.07 Å². The molecule has 1 aliphatic carbocycles. The van der Waals surface area contributed by atoms with E-state index in [1.54, 1.807) is 36.4 Å². The van der Waals surface area contributed by atoms with Crippen molar-refractivity contribution in [2.75, 3.05) is 4.90 Å². The normalized spacial score (nSPS) is 21.9. The van der Waals surface area contributed by atoms with Gasteiger partial charge in [-0.05, 0) is 44.0 Å². The van der Waals surface area contributed by atoms with Crippen molar-refractivity contribution in [3.63, 3.8) is 0 Å². The molecule has 138 valence electrons. The molecule has 0 aromatic heterocycles. The minimum atomic E-state index is -0.472. The molecule has 1 aliphatic heterocycles. The lowest BCUT2D eigenvalue weighted by Gasteiger charge is -2.19. The lowest BCUT2D eigenvalue weighted by molar-refractivity contribution is -0.122. The van der Waals surface area contributed by atoms with Crippen LogP contribution in [0.1, 0.15) is 41.6 Å². The highest BCUT2D eigenvalue weighted by molar-refractivity contribution is 6.22. The first-order valence-electron chi connectivity index (χ1n) is 9.31. The van der Waals surface area contributed by atoms with Gasteiger partial charge in [0.1, 0.15) is 5.75 Å². The molecule has 2 aliphatic rings. The first-order chi connectivity index (χ1) is 13.0. The van der Waals surface area contributed by atoms with Crippen LogP contribution in [-0.4, -0.2) is 17.8 Å². The molecular weight excluding hydrogens is 342 g/mol. The van der Waals surface area contributed by atoms with Crippen LogP contribution >= 0.6 is 0 Å². The van der Waals surface area contributed by atoms with Gasteiger partial charge in [-0.25, -0.2) is 9.69 Å². The van der Waals surface area contributed by atoms with Crippen LogP contribution in [0.25, 0.3) is 0 Å². The Balaban J connectivity index is 1.56. The first kappa shape index (κ1) is 17.5. The molecule has 2 aromatic rings. The molecule has 1 saturated carbocycles. The number of hydrogen-bond donors (Lipinski definition) is 0. The molecular formula is C22H21NO4. The van der Waals surface area contributed by atoms with Gasteiger partial charge in [0.05, 0.1) is 23.1 Å². The molecule has 2 amide bonds. The molecule has 0 spiro atoms. The number of carbonyl (C=O) groups excluding carboxylic acids is 3. The van der Waals surface area contributed by atoms with Gasteiger partial charge in [-0.3, -0.25) is 9.59 Å². The second kappa shape index (κ2) is 6.99. The molecule has 27 heavy (non-hydrogen) atoms. The van der Waals surface area contributed by atoms with Crippen molar-refractivity contribution >= 4 is 23.5 Å². The van der Waals surface area contributed by atoms with Gasteiger partial charge in [0.2, 0.25) is 11.8 Å². The van der Waals surface area contributed by atoms with E-state index in [-0.39, 0.29) is 23.7 Å². The number of carbonyl (C=O) groups is 3. The second-order valence-electron chi connectivity index (χ2n) is 7.26. The Bertz CT molecular complexity index is 879. The van der Waals surface area contributed by atoms with E-state index in [1.807, 2.05) is 19.1 Å². The van der Waals surface area contributed by atoms with Crippen molar-refractivity contribution in [3.05, 3.63) is 59.7 Å². The quantitative estimate of drug-likeness (QED) is 0.471. The largest absolute Gasteiger partial charge is 0.423 e. The van der Waals surface area contributed by atoms with Crippen molar-refractivity contribution in [2.24, 2.45) is 11.8 Å². The minimum Gasteiger partial charge on any atom is -0.423 e. The predicted molar refractivity (Wildman–Crippen MR) is 101 cm³/mol. The van der Waals surface area contributed by atoms with Gasteiger partial charge >= 0.3 is 5.97 Å². The van der Waals surface area contributed by atoms with Gasteiger partial charge in [0.25, 0.3) is 0 Å². The van der Waals surface area contributed by atoms with Crippen LogP contribution in [0, 0.1) is 18.8 Å². The highest BCUT2D eigenvalue weighted by Gasteiger charge is 2.48. The number of imide groups is 1. The monoisotopic (exact) mass is 363 g/mol. The van der Waals surface area contributed by atoms with Crippen LogP contribution in [-0.2, 0) is 9.59 Å². The summed E-state index contributed by atoms with van der Waals surface area (Å²) < 4.78 is 5.44. The van der Waals surface area contributed by atoms with Crippen LogP contribution in [0.3, 0.4) is 0 Å². The van der Waals surface area contributed by atoms with Gasteiger partial charge in [-0.2, -0.15) is 0 Å². The minimum absolute atomic E-state index is 0.133. The van der Waals surface area contributed by atoms with Gasteiger partial charge in [-0.1, -0.05) is 36.6 Å². The van der Waals surface area contributed by atoms with Crippen molar-refractivity contribution in [1.82, 2.24) is 0 Å². The van der Waals surface area contributed by atoms with Gasteiger partial charge < -0.3 is 4.74 Å². The summed E-state index contributed by atoms with van der Waals surface area (Å²) >= 11 is 0. The zero-order chi connectivity index (χ0) is 19.0. The molecule has 0 bridgehead atoms. The Hall–Kier alpha value is -2.95. The summed E-state index contributed by atoms with van der Waals surface area (Å²) in [7, 11) is 0. The zero-order valence-corrected chi connectivity index (χ0v) is 15.2. The number of anilines is 1. The Morgan fingerprint density at radius 1 is 0.963 bits per heavy atom. The smallest absolute Gasteiger partial charge is 0.343 e. The standard InChI is InChI=1S/C22H21NO4/c1-14-9-11-15(12-10-14)22(26)27-17-6-4-5-16(13-17)23-20(24)18-7-2-3-8-19(18)21(23)25/h4-6,9-13,18-19H,2-3,7-8H2,1H3/t18-,19-/m0/s1. The number of ether oxygens (including phenoxy) is 1. The summed E-state index contributed by atoms with van der Waals surface area (Å²) in [5.74, 6) is -0.832. The fraction of sp³-hybridized carbons (Fsp3) is 0.318. The number of fused-ring (bicyclic) bond motifs is 1. The lowest BCUT2D eigenvalue weighted by atomic mass is 9.81. The topological polar surface area (TPSA) is 63.7 Å². The molecule has 1 saturated heterocycles. The van der Waals surface area contributed by atoms with Crippen molar-refractivity contribution in [3.8, 4) is 5.75 Å². The molecule has 5 heteroatoms. The molecule has 2 fully saturated rings. The zero-order valence-electron chi connectivity index (χ0n) is 15.2. The van der Waals surface area contributed by atoms with Crippen LogP contribution < -0.4 is 9.64 Å². The van der Waals surface area contributed by atoms with E-state index >= 15 is 0 Å². The number of nitrogens with zero attached hydrogens (tertiary/aromatic N) is 1. The summed E-state index contributed by atoms with van der Waals surface area (Å²) in [6.45, 7) is 1.94. The molecule has 0 unspecified atom stereocenters. The number of esters is 1. The highest BCUT2D eigenvalue weighted by Crippen LogP contribution is 2.40. The summed E-state index contributed by atoms with van der Waals surface area (Å²) in [5, 5.41) is 0. The lowest BCUT2D eigenvalue weighted by Crippen LogP contribution is -2.30. The Kier molecular flexibility index (Phi) is 4.52. The van der Waals surface area contributed by atoms with E-state index in [9.17, 15) is 14.4 Å². The highest BCUT2D eigenvalue weighted by atomic mass is 16.5. The summed E-state index contributed by atoms with van der Waals surface area (Å²) in [4.78, 5) is 39.1. The van der Waals surface area contributed by atoms with E-state index in [0.29, 0.717) is 17.0 Å². The van der Waals surface area contributed by atoms with E-state index in [1.165, 1.54) is 4.90 Å². The summed E-state index contributed by atoms with van der Waals surface area (Å²) in [5.41, 5.74) is 1.97. The van der Waals surface area contributed by atoms with E-state index in [4.69, 9.17) is 4.74 Å². The molecule has 5 nitrogen and oxygen atoms in total. The fourth-order valence-electron chi connectivity index (χ4n) is 3.96. The van der Waals surface area contributed by atoms with Gasteiger partial charge in [-0.15, -0.1) is 0 Å². The van der Waals surface area contributed by atoms with E-state index in [2.05, 4.69) is 0 Å². The maximum absolute atomic E-state index is 12.7. The van der Waals surface area contributed by atoms with Crippen LogP contribution in [0.5, 0.6) is 5.75 Å². The van der Waals surface area contributed by atoms with Crippen molar-refractivity contribution < 1.29 is 19.1 Å². The third kappa shape index (κ3) is 3.25. The molecule has 2 atom stereocenters. The van der Waals surface area contributed by atoms with Crippen molar-refractivity contribution in [1.29, 1.82) is 0 Å². The van der Waals surface area contributed by atoms with Crippen molar-refractivity contribution in [2.45, 2.75) is 32.6 Å². The number of benzene rings is 2. The van der Waals surface area contributed by atoms with Gasteiger partial charge in [0.15, 0.2) is 0 Å². The number of hydrogen-bond acceptors (Lipinski definition) is 4. The molecule has 0 radical (unpaired) electrons. The predicted octanol–water partition coefficient (Wildman–Crippen LogP) is 3.89. The number of rotatable bonds is 3.